The Morgan fingerprint density at radius 2 is 2.06 bits per heavy atom. The van der Waals surface area contributed by atoms with E-state index in [-0.39, 0.29) is 0 Å². The van der Waals surface area contributed by atoms with E-state index in [4.69, 9.17) is 0 Å². The van der Waals surface area contributed by atoms with Gasteiger partial charge in [0.15, 0.2) is 0 Å². The highest BCUT2D eigenvalue weighted by Crippen LogP contribution is 2.23. The van der Waals surface area contributed by atoms with Gasteiger partial charge in [0.1, 0.15) is 5.82 Å². The fourth-order valence-electron chi connectivity index (χ4n) is 1.64. The number of alkyl halides is 2. The molecular weight excluding hydrogens is 229 g/mol. The summed E-state index contributed by atoms with van der Waals surface area (Å²) in [6, 6.07) is 5.55. The van der Waals surface area contributed by atoms with Gasteiger partial charge in [-0.3, -0.25) is 4.68 Å². The molecule has 2 nitrogen and oxygen atoms in total. The number of hydrogen-bond acceptors (Lipinski definition) is 1. The quantitative estimate of drug-likeness (QED) is 0.806. The van der Waals surface area contributed by atoms with E-state index >= 15 is 0 Å². The number of halogens is 3. The monoisotopic (exact) mass is 240 g/mol. The van der Waals surface area contributed by atoms with Crippen molar-refractivity contribution >= 4 is 0 Å². The minimum absolute atomic E-state index is 0.418. The van der Waals surface area contributed by atoms with Crippen molar-refractivity contribution in [1.29, 1.82) is 0 Å². The summed E-state index contributed by atoms with van der Waals surface area (Å²) < 4.78 is 39.7. The third-order valence-corrected chi connectivity index (χ3v) is 2.45. The van der Waals surface area contributed by atoms with Crippen LogP contribution in [0.4, 0.5) is 13.2 Å². The summed E-state index contributed by atoms with van der Waals surface area (Å²) in [4.78, 5) is 0. The molecule has 0 bridgehead atoms. The average molecular weight is 240 g/mol. The zero-order valence-corrected chi connectivity index (χ0v) is 9.20. The predicted molar refractivity (Wildman–Crippen MR) is 57.4 cm³/mol. The largest absolute Gasteiger partial charge is 0.276 e. The first-order valence-corrected chi connectivity index (χ1v) is 5.11. The van der Waals surface area contributed by atoms with Gasteiger partial charge >= 0.3 is 0 Å². The van der Waals surface area contributed by atoms with Gasteiger partial charge in [-0.05, 0) is 23.8 Å². The van der Waals surface area contributed by atoms with Crippen LogP contribution in [0.1, 0.15) is 23.2 Å². The molecule has 0 aliphatic carbocycles. The van der Waals surface area contributed by atoms with Crippen molar-refractivity contribution < 1.29 is 13.2 Å². The summed E-state index contributed by atoms with van der Waals surface area (Å²) in [6.07, 6.45) is -0.605. The van der Waals surface area contributed by atoms with Crippen LogP contribution in [0.5, 0.6) is 0 Å². The van der Waals surface area contributed by atoms with Gasteiger partial charge in [-0.2, -0.15) is 5.10 Å². The van der Waals surface area contributed by atoms with E-state index in [1.54, 1.807) is 24.0 Å². The minimum atomic E-state index is -2.79. The number of rotatable bonds is 3. The Morgan fingerprint density at radius 1 is 1.29 bits per heavy atom. The molecule has 0 spiro atoms. The van der Waals surface area contributed by atoms with Gasteiger partial charge in [-0.15, -0.1) is 0 Å². The van der Waals surface area contributed by atoms with Crippen LogP contribution < -0.4 is 0 Å². The molecule has 17 heavy (non-hydrogen) atoms. The van der Waals surface area contributed by atoms with Crippen LogP contribution in [0.2, 0.25) is 0 Å². The van der Waals surface area contributed by atoms with Crippen molar-refractivity contribution in [3.63, 3.8) is 0 Å². The molecule has 0 atom stereocenters. The van der Waals surface area contributed by atoms with Crippen LogP contribution in [0.15, 0.2) is 30.5 Å². The lowest BCUT2D eigenvalue weighted by Gasteiger charge is -2.04. The maximum atomic E-state index is 13.1. The highest BCUT2D eigenvalue weighted by atomic mass is 19.3. The number of nitrogens with zero attached hydrogens (tertiary/aromatic N) is 2. The predicted octanol–water partition coefficient (Wildman–Crippen LogP) is 3.09. The van der Waals surface area contributed by atoms with Gasteiger partial charge in [-0.1, -0.05) is 6.07 Å². The van der Waals surface area contributed by atoms with Crippen molar-refractivity contribution in [1.82, 2.24) is 9.78 Å². The summed E-state index contributed by atoms with van der Waals surface area (Å²) in [5, 5.41) is 4.14. The maximum absolute atomic E-state index is 13.1. The topological polar surface area (TPSA) is 17.8 Å². The van der Waals surface area contributed by atoms with Gasteiger partial charge in [0.05, 0.1) is 11.3 Å². The highest BCUT2D eigenvalue weighted by Gasteiger charge is 2.14. The van der Waals surface area contributed by atoms with E-state index < -0.39 is 17.8 Å². The van der Waals surface area contributed by atoms with Crippen LogP contribution in [0.25, 0.3) is 0 Å². The zero-order chi connectivity index (χ0) is 12.4. The van der Waals surface area contributed by atoms with Crippen LogP contribution in [0, 0.1) is 5.82 Å². The molecule has 2 rings (SSSR count). The lowest BCUT2D eigenvalue weighted by atomic mass is 10.1. The zero-order valence-electron chi connectivity index (χ0n) is 9.20. The molecule has 0 saturated carbocycles. The molecule has 0 aliphatic rings. The fourth-order valence-corrected chi connectivity index (χ4v) is 1.64. The standard InChI is InChI=1S/C12H11F3N2/c1-17-5-4-9(16-17)6-8-2-3-11(13)10(7-8)12(14)15/h2-5,7,12H,6H2,1H3. The van der Waals surface area contributed by atoms with Gasteiger partial charge in [0, 0.05) is 19.7 Å². The fraction of sp³-hybridized carbons (Fsp3) is 0.250. The molecule has 0 aliphatic heterocycles. The van der Waals surface area contributed by atoms with E-state index in [0.29, 0.717) is 12.0 Å². The summed E-state index contributed by atoms with van der Waals surface area (Å²) in [7, 11) is 1.78. The molecule has 0 unspecified atom stereocenters. The Morgan fingerprint density at radius 3 is 2.65 bits per heavy atom. The molecule has 1 aromatic carbocycles. The van der Waals surface area contributed by atoms with Crippen molar-refractivity contribution in [3.05, 3.63) is 53.1 Å². The van der Waals surface area contributed by atoms with E-state index in [1.807, 2.05) is 0 Å². The molecule has 0 saturated heterocycles. The minimum Gasteiger partial charge on any atom is -0.276 e. The Balaban J connectivity index is 2.25. The Kier molecular flexibility index (Phi) is 3.17. The molecule has 1 aromatic heterocycles. The van der Waals surface area contributed by atoms with E-state index in [0.717, 1.165) is 11.8 Å². The molecule has 5 heteroatoms. The number of aryl methyl sites for hydroxylation is 1. The van der Waals surface area contributed by atoms with Crippen molar-refractivity contribution in [2.75, 3.05) is 0 Å². The second-order valence-corrected chi connectivity index (χ2v) is 3.81. The molecule has 0 radical (unpaired) electrons. The Bertz CT molecular complexity index is 520. The highest BCUT2D eigenvalue weighted by molar-refractivity contribution is 5.28. The Labute approximate surface area is 96.7 Å². The lowest BCUT2D eigenvalue weighted by molar-refractivity contribution is 0.146. The van der Waals surface area contributed by atoms with Gasteiger partial charge in [0.2, 0.25) is 0 Å². The SMILES string of the molecule is Cn1ccc(Cc2ccc(F)c(C(F)F)c2)n1. The lowest BCUT2D eigenvalue weighted by Crippen LogP contribution is -1.96. The number of hydrogen-bond donors (Lipinski definition) is 0. The first-order valence-electron chi connectivity index (χ1n) is 5.11. The molecule has 0 N–H and O–H groups in total. The molecule has 0 amide bonds. The first kappa shape index (κ1) is 11.7. The van der Waals surface area contributed by atoms with Crippen molar-refractivity contribution in [3.8, 4) is 0 Å². The van der Waals surface area contributed by atoms with Crippen molar-refractivity contribution in [2.24, 2.45) is 7.05 Å². The summed E-state index contributed by atoms with van der Waals surface area (Å²) in [5.74, 6) is -0.871. The van der Waals surface area contributed by atoms with Gasteiger partial charge < -0.3 is 0 Å². The normalized spacial score (nSPS) is 11.1. The van der Waals surface area contributed by atoms with E-state index in [2.05, 4.69) is 5.10 Å². The third-order valence-electron chi connectivity index (χ3n) is 2.45. The third kappa shape index (κ3) is 2.67. The van der Waals surface area contributed by atoms with Crippen LogP contribution in [0.3, 0.4) is 0 Å². The number of aromatic nitrogens is 2. The Hall–Kier alpha value is -1.78. The average Bonchev–Trinajstić information content (AvgIpc) is 2.66. The first-order chi connectivity index (χ1) is 8.06. The molecule has 2 aromatic rings. The van der Waals surface area contributed by atoms with Crippen LogP contribution in [-0.4, -0.2) is 9.78 Å². The number of benzene rings is 1. The molecule has 0 fully saturated rings. The summed E-state index contributed by atoms with van der Waals surface area (Å²) >= 11 is 0. The second kappa shape index (κ2) is 4.61. The maximum Gasteiger partial charge on any atom is 0.266 e. The van der Waals surface area contributed by atoms with E-state index in [9.17, 15) is 13.2 Å². The summed E-state index contributed by atoms with van der Waals surface area (Å²) in [5.41, 5.74) is 0.832. The second-order valence-electron chi connectivity index (χ2n) is 3.81. The van der Waals surface area contributed by atoms with Crippen molar-refractivity contribution in [2.45, 2.75) is 12.8 Å². The van der Waals surface area contributed by atoms with E-state index in [1.165, 1.54) is 12.1 Å². The molecule has 90 valence electrons. The summed E-state index contributed by atoms with van der Waals surface area (Å²) in [6.45, 7) is 0. The van der Waals surface area contributed by atoms with Gasteiger partial charge in [0.25, 0.3) is 6.43 Å². The smallest absolute Gasteiger partial charge is 0.266 e. The van der Waals surface area contributed by atoms with Gasteiger partial charge in [-0.25, -0.2) is 13.2 Å². The van der Waals surface area contributed by atoms with Crippen LogP contribution >= 0.6 is 0 Å². The molecular formula is C12H11F3N2. The molecule has 1 heterocycles. The van der Waals surface area contributed by atoms with Crippen LogP contribution in [-0.2, 0) is 13.5 Å².